The average molecular weight is 394 g/mol. The molecule has 1 fully saturated rings. The van der Waals surface area contributed by atoms with Crippen molar-refractivity contribution in [3.8, 4) is 11.5 Å². The lowest BCUT2D eigenvalue weighted by Crippen LogP contribution is -2.21. The van der Waals surface area contributed by atoms with Gasteiger partial charge in [-0.2, -0.15) is 0 Å². The van der Waals surface area contributed by atoms with Crippen LogP contribution in [0.25, 0.3) is 0 Å². The molecule has 2 aromatic rings. The number of benzene rings is 2. The van der Waals surface area contributed by atoms with Crippen LogP contribution in [0, 0.1) is 5.82 Å². The van der Waals surface area contributed by atoms with Crippen LogP contribution in [-0.4, -0.2) is 40.6 Å². The van der Waals surface area contributed by atoms with Crippen molar-refractivity contribution in [1.82, 2.24) is 4.90 Å². The molecule has 0 atom stereocenters. The standard InChI is InChI=1S/C19H23FN2O4S/c1-25-17-11-15(20)19(12-18(17)26-2)27(23,24)21-16-8-4-3-7-14(16)13-22-9-5-6-10-22/h3-4,7-8,11-12,21H,5-6,9-10,13H2,1-2H3. The SMILES string of the molecule is COc1cc(F)c(S(=O)(=O)Nc2ccccc2CN2CCCC2)cc1OC. The van der Waals surface area contributed by atoms with Crippen LogP contribution >= 0.6 is 0 Å². The fourth-order valence-electron chi connectivity index (χ4n) is 3.18. The normalized spacial score (nSPS) is 14.9. The minimum Gasteiger partial charge on any atom is -0.493 e. The molecule has 1 aliphatic rings. The fraction of sp³-hybridized carbons (Fsp3) is 0.368. The maximum Gasteiger partial charge on any atom is 0.264 e. The summed E-state index contributed by atoms with van der Waals surface area (Å²) in [5, 5.41) is 0. The summed E-state index contributed by atoms with van der Waals surface area (Å²) < 4.78 is 52.7. The molecule has 1 N–H and O–H groups in total. The Balaban J connectivity index is 1.91. The second-order valence-corrected chi connectivity index (χ2v) is 8.03. The van der Waals surface area contributed by atoms with Crippen LogP contribution in [-0.2, 0) is 16.6 Å². The molecule has 6 nitrogen and oxygen atoms in total. The van der Waals surface area contributed by atoms with Gasteiger partial charge in [0.05, 0.1) is 19.9 Å². The molecule has 1 heterocycles. The van der Waals surface area contributed by atoms with Gasteiger partial charge in [-0.1, -0.05) is 18.2 Å². The van der Waals surface area contributed by atoms with Gasteiger partial charge in [-0.25, -0.2) is 12.8 Å². The van der Waals surface area contributed by atoms with E-state index in [0.717, 1.165) is 43.6 Å². The Morgan fingerprint density at radius 3 is 2.37 bits per heavy atom. The van der Waals surface area contributed by atoms with E-state index in [1.165, 1.54) is 14.2 Å². The summed E-state index contributed by atoms with van der Waals surface area (Å²) in [4.78, 5) is 1.78. The topological polar surface area (TPSA) is 67.9 Å². The molecule has 27 heavy (non-hydrogen) atoms. The minimum absolute atomic E-state index is 0.128. The predicted molar refractivity (Wildman–Crippen MR) is 101 cm³/mol. The van der Waals surface area contributed by atoms with Gasteiger partial charge < -0.3 is 9.47 Å². The number of sulfonamides is 1. The van der Waals surface area contributed by atoms with Gasteiger partial charge >= 0.3 is 0 Å². The molecule has 146 valence electrons. The molecule has 3 rings (SSSR count). The highest BCUT2D eigenvalue weighted by Gasteiger charge is 2.24. The van der Waals surface area contributed by atoms with Crippen molar-refractivity contribution in [3.63, 3.8) is 0 Å². The molecule has 0 amide bonds. The summed E-state index contributed by atoms with van der Waals surface area (Å²) in [5.41, 5.74) is 1.29. The van der Waals surface area contributed by atoms with Crippen molar-refractivity contribution >= 4 is 15.7 Å². The minimum atomic E-state index is -4.14. The van der Waals surface area contributed by atoms with Gasteiger partial charge in [-0.05, 0) is 37.6 Å². The zero-order chi connectivity index (χ0) is 19.4. The van der Waals surface area contributed by atoms with Crippen LogP contribution < -0.4 is 14.2 Å². The molecule has 8 heteroatoms. The number of nitrogens with zero attached hydrogens (tertiary/aromatic N) is 1. The Kier molecular flexibility index (Phi) is 5.86. The summed E-state index contributed by atoms with van der Waals surface area (Å²) >= 11 is 0. The van der Waals surface area contributed by atoms with Crippen LogP contribution in [0.2, 0.25) is 0 Å². The highest BCUT2D eigenvalue weighted by Crippen LogP contribution is 2.33. The van der Waals surface area contributed by atoms with Gasteiger partial charge in [0.25, 0.3) is 10.0 Å². The average Bonchev–Trinajstić information content (AvgIpc) is 3.15. The molecular weight excluding hydrogens is 371 g/mol. The van der Waals surface area contributed by atoms with Gasteiger partial charge in [0.15, 0.2) is 11.5 Å². The number of ether oxygens (including phenoxy) is 2. The molecule has 0 aromatic heterocycles. The van der Waals surface area contributed by atoms with Crippen molar-refractivity contribution in [2.24, 2.45) is 0 Å². The van der Waals surface area contributed by atoms with Gasteiger partial charge in [0.2, 0.25) is 0 Å². The smallest absolute Gasteiger partial charge is 0.264 e. The van der Waals surface area contributed by atoms with Gasteiger partial charge in [-0.3, -0.25) is 9.62 Å². The zero-order valence-electron chi connectivity index (χ0n) is 15.4. The van der Waals surface area contributed by atoms with E-state index >= 15 is 0 Å². The lowest BCUT2D eigenvalue weighted by Gasteiger charge is -2.18. The van der Waals surface area contributed by atoms with Crippen LogP contribution in [0.1, 0.15) is 18.4 Å². The summed E-state index contributed by atoms with van der Waals surface area (Å²) in [6.45, 7) is 2.63. The van der Waals surface area contributed by atoms with E-state index in [9.17, 15) is 12.8 Å². The number of halogens is 1. The molecule has 0 radical (unpaired) electrons. The Morgan fingerprint density at radius 2 is 1.70 bits per heavy atom. The van der Waals surface area contributed by atoms with Crippen molar-refractivity contribution in [2.75, 3.05) is 32.0 Å². The molecule has 0 spiro atoms. The van der Waals surface area contributed by atoms with E-state index in [4.69, 9.17) is 9.47 Å². The Hall–Kier alpha value is -2.32. The molecule has 1 aliphatic heterocycles. The molecule has 0 unspecified atom stereocenters. The van der Waals surface area contributed by atoms with E-state index in [2.05, 4.69) is 9.62 Å². The van der Waals surface area contributed by atoms with Gasteiger partial charge in [0.1, 0.15) is 10.7 Å². The number of methoxy groups -OCH3 is 2. The third kappa shape index (κ3) is 4.33. The number of hydrogen-bond acceptors (Lipinski definition) is 5. The summed E-state index contributed by atoms with van der Waals surface area (Å²) in [7, 11) is -1.41. The first kappa shape index (κ1) is 19.4. The zero-order valence-corrected chi connectivity index (χ0v) is 16.2. The van der Waals surface area contributed by atoms with Crippen molar-refractivity contribution in [1.29, 1.82) is 0 Å². The van der Waals surface area contributed by atoms with Gasteiger partial charge in [-0.15, -0.1) is 0 Å². The van der Waals surface area contributed by atoms with Crippen LogP contribution in [0.3, 0.4) is 0 Å². The number of para-hydroxylation sites is 1. The van der Waals surface area contributed by atoms with Gasteiger partial charge in [0, 0.05) is 18.7 Å². The van der Waals surface area contributed by atoms with E-state index in [1.807, 2.05) is 12.1 Å². The fourth-order valence-corrected chi connectivity index (χ4v) is 4.36. The van der Waals surface area contributed by atoms with Crippen molar-refractivity contribution in [2.45, 2.75) is 24.3 Å². The third-order valence-corrected chi connectivity index (χ3v) is 5.96. The number of hydrogen-bond donors (Lipinski definition) is 1. The van der Waals surface area contributed by atoms with E-state index in [-0.39, 0.29) is 11.5 Å². The number of anilines is 1. The lowest BCUT2D eigenvalue weighted by atomic mass is 10.2. The summed E-state index contributed by atoms with van der Waals surface area (Å²) in [6, 6.07) is 9.29. The highest BCUT2D eigenvalue weighted by atomic mass is 32.2. The Bertz CT molecular complexity index is 912. The maximum absolute atomic E-state index is 14.4. The quantitative estimate of drug-likeness (QED) is 0.781. The first-order valence-electron chi connectivity index (χ1n) is 8.69. The molecule has 0 saturated carbocycles. The molecule has 1 saturated heterocycles. The number of nitrogens with one attached hydrogen (secondary N) is 1. The predicted octanol–water partition coefficient (Wildman–Crippen LogP) is 3.24. The first-order chi connectivity index (χ1) is 12.9. The monoisotopic (exact) mass is 394 g/mol. The van der Waals surface area contributed by atoms with Crippen LogP contribution in [0.5, 0.6) is 11.5 Å². The van der Waals surface area contributed by atoms with Crippen molar-refractivity contribution < 1.29 is 22.3 Å². The Morgan fingerprint density at radius 1 is 1.07 bits per heavy atom. The molecule has 2 aromatic carbocycles. The van der Waals surface area contributed by atoms with Crippen molar-refractivity contribution in [3.05, 3.63) is 47.8 Å². The number of rotatable bonds is 7. The Labute approximate surface area is 159 Å². The third-order valence-electron chi connectivity index (χ3n) is 4.58. The second-order valence-electron chi connectivity index (χ2n) is 6.38. The largest absolute Gasteiger partial charge is 0.493 e. The molecule has 0 bridgehead atoms. The highest BCUT2D eigenvalue weighted by molar-refractivity contribution is 7.92. The van der Waals surface area contributed by atoms with Crippen LogP contribution in [0.15, 0.2) is 41.3 Å². The van der Waals surface area contributed by atoms with E-state index < -0.39 is 20.7 Å². The summed E-state index contributed by atoms with van der Waals surface area (Å²) in [6.07, 6.45) is 2.29. The van der Waals surface area contributed by atoms with Crippen LogP contribution in [0.4, 0.5) is 10.1 Å². The molecule has 0 aliphatic carbocycles. The first-order valence-corrected chi connectivity index (χ1v) is 10.2. The number of likely N-dealkylation sites (tertiary alicyclic amines) is 1. The van der Waals surface area contributed by atoms with E-state index in [1.54, 1.807) is 12.1 Å². The summed E-state index contributed by atoms with van der Waals surface area (Å²) in [5.74, 6) is -0.634. The second kappa shape index (κ2) is 8.14. The van der Waals surface area contributed by atoms with E-state index in [0.29, 0.717) is 12.2 Å². The lowest BCUT2D eigenvalue weighted by molar-refractivity contribution is 0.332. The maximum atomic E-state index is 14.4. The molecular formula is C19H23FN2O4S.